The van der Waals surface area contributed by atoms with E-state index in [-0.39, 0.29) is 0 Å². The molecule has 0 aromatic rings. The third-order valence-corrected chi connectivity index (χ3v) is 2.67. The van der Waals surface area contributed by atoms with Gasteiger partial charge in [-0.1, -0.05) is 11.2 Å². The normalized spacial score (nSPS) is 18.7. The van der Waals surface area contributed by atoms with Crippen LogP contribution in [0, 0.1) is 0 Å². The highest BCUT2D eigenvalue weighted by molar-refractivity contribution is 8.24. The van der Waals surface area contributed by atoms with Gasteiger partial charge in [0.1, 0.15) is 0 Å². The van der Waals surface area contributed by atoms with Gasteiger partial charge in [-0.3, -0.25) is 0 Å². The quantitative estimate of drug-likeness (QED) is 0.575. The minimum atomic E-state index is -2.52. The molecule has 0 radical (unpaired) electrons. The molecule has 0 fully saturated rings. The van der Waals surface area contributed by atoms with E-state index in [0.29, 0.717) is 0 Å². The van der Waals surface area contributed by atoms with Crippen LogP contribution in [0.5, 0.6) is 0 Å². The highest BCUT2D eigenvalue weighted by Gasteiger charge is 2.08. The van der Waals surface area contributed by atoms with Gasteiger partial charge in [0.05, 0.1) is 0 Å². The Hall–Kier alpha value is 0.830. The highest BCUT2D eigenvalue weighted by atomic mass is 35.7. The van der Waals surface area contributed by atoms with E-state index in [4.69, 9.17) is 11.2 Å². The zero-order valence-corrected chi connectivity index (χ0v) is 6.19. The standard InChI is InChI=1S/C2H5ClFOPS/c1-5-6(3,7)2-4/h2H2,1H3. The Morgan fingerprint density at radius 2 is 2.43 bits per heavy atom. The second-order valence-corrected chi connectivity index (χ2v) is 6.69. The lowest BCUT2D eigenvalue weighted by atomic mass is 11.8. The van der Waals surface area contributed by atoms with Crippen molar-refractivity contribution < 1.29 is 8.91 Å². The molecule has 1 atom stereocenters. The molecule has 1 unspecified atom stereocenters. The maximum absolute atomic E-state index is 11.5. The molecule has 0 amide bonds. The van der Waals surface area contributed by atoms with Gasteiger partial charge in [0, 0.05) is 7.11 Å². The van der Waals surface area contributed by atoms with E-state index >= 15 is 0 Å². The zero-order valence-electron chi connectivity index (χ0n) is 3.73. The fraction of sp³-hybridized carbons (Fsp3) is 1.00. The van der Waals surface area contributed by atoms with E-state index in [2.05, 4.69) is 16.3 Å². The van der Waals surface area contributed by atoms with Gasteiger partial charge >= 0.3 is 0 Å². The molecule has 0 saturated carbocycles. The molecule has 0 rings (SSSR count). The fourth-order valence-corrected chi connectivity index (χ4v) is 0.146. The van der Waals surface area contributed by atoms with E-state index < -0.39 is 12.0 Å². The minimum Gasteiger partial charge on any atom is -0.339 e. The maximum Gasteiger partial charge on any atom is 0.181 e. The van der Waals surface area contributed by atoms with Crippen LogP contribution >= 0.6 is 16.9 Å². The van der Waals surface area contributed by atoms with E-state index in [1.165, 1.54) is 7.11 Å². The number of hydrogen-bond acceptors (Lipinski definition) is 2. The van der Waals surface area contributed by atoms with Gasteiger partial charge in [0.25, 0.3) is 0 Å². The molecule has 0 saturated heterocycles. The van der Waals surface area contributed by atoms with E-state index in [1.54, 1.807) is 0 Å². The molecule has 0 N–H and O–H groups in total. The first-order valence-corrected chi connectivity index (χ1v) is 5.34. The number of halogens is 2. The molecule has 0 aliphatic carbocycles. The van der Waals surface area contributed by atoms with Crippen molar-refractivity contribution in [2.45, 2.75) is 0 Å². The SMILES string of the molecule is COP(=S)(Cl)CF. The second-order valence-electron chi connectivity index (χ2n) is 0.892. The van der Waals surface area contributed by atoms with Crippen molar-refractivity contribution in [1.29, 1.82) is 0 Å². The molecule has 1 nitrogen and oxygen atoms in total. The molecule has 0 aliphatic rings. The molecule has 5 heteroatoms. The number of alkyl halides is 1. The summed E-state index contributed by atoms with van der Waals surface area (Å²) in [6.45, 7) is 0. The Kier molecular flexibility index (Phi) is 3.33. The monoisotopic (exact) mass is 162 g/mol. The number of rotatable bonds is 2. The van der Waals surface area contributed by atoms with Gasteiger partial charge in [-0.25, -0.2) is 4.39 Å². The van der Waals surface area contributed by atoms with E-state index in [0.717, 1.165) is 0 Å². The minimum absolute atomic E-state index is 0.736. The van der Waals surface area contributed by atoms with E-state index in [1.807, 2.05) is 0 Å². The Balaban J connectivity index is 3.61. The molecule has 0 aromatic carbocycles. The Morgan fingerprint density at radius 1 is 2.00 bits per heavy atom. The molecule has 0 heterocycles. The molecule has 0 aliphatic heterocycles. The van der Waals surface area contributed by atoms with Gasteiger partial charge in [-0.05, 0) is 11.8 Å². The van der Waals surface area contributed by atoms with Crippen molar-refractivity contribution in [3.63, 3.8) is 0 Å². The molecule has 0 bridgehead atoms. The Bertz CT molecular complexity index is 89.7. The Morgan fingerprint density at radius 3 is 2.43 bits per heavy atom. The third kappa shape index (κ3) is 3.42. The Labute approximate surface area is 51.7 Å². The van der Waals surface area contributed by atoms with Crippen molar-refractivity contribution in [3.05, 3.63) is 0 Å². The van der Waals surface area contributed by atoms with Crippen LogP contribution in [0.25, 0.3) is 0 Å². The van der Waals surface area contributed by atoms with Crippen LogP contribution < -0.4 is 0 Å². The predicted molar refractivity (Wildman–Crippen MR) is 33.1 cm³/mol. The average molecular weight is 163 g/mol. The summed E-state index contributed by atoms with van der Waals surface area (Å²) in [7, 11) is 1.31. The molecule has 0 aromatic heterocycles. The van der Waals surface area contributed by atoms with Crippen molar-refractivity contribution in [1.82, 2.24) is 0 Å². The van der Waals surface area contributed by atoms with Gasteiger partial charge in [0.15, 0.2) is 12.0 Å². The van der Waals surface area contributed by atoms with Crippen molar-refractivity contribution in [2.75, 3.05) is 13.5 Å². The summed E-state index contributed by atoms with van der Waals surface area (Å²) in [6, 6.07) is 0. The van der Waals surface area contributed by atoms with Crippen LogP contribution in [0.2, 0.25) is 0 Å². The van der Waals surface area contributed by atoms with Gasteiger partial charge in [-0.2, -0.15) is 0 Å². The lowest BCUT2D eigenvalue weighted by molar-refractivity contribution is 0.449. The van der Waals surface area contributed by atoms with Gasteiger partial charge in [-0.15, -0.1) is 0 Å². The van der Waals surface area contributed by atoms with Gasteiger partial charge in [0.2, 0.25) is 0 Å². The largest absolute Gasteiger partial charge is 0.339 e. The average Bonchev–Trinajstić information content (AvgIpc) is 1.68. The summed E-state index contributed by atoms with van der Waals surface area (Å²) in [6.07, 6.45) is -0.736. The first kappa shape index (κ1) is 7.83. The molecular formula is C2H5ClFOPS. The lowest BCUT2D eigenvalue weighted by Crippen LogP contribution is -1.74. The summed E-state index contributed by atoms with van der Waals surface area (Å²) in [5.41, 5.74) is -2.52. The van der Waals surface area contributed by atoms with Gasteiger partial charge < -0.3 is 4.52 Å². The molecule has 44 valence electrons. The smallest absolute Gasteiger partial charge is 0.181 e. The zero-order chi connectivity index (χ0) is 5.91. The maximum atomic E-state index is 11.5. The van der Waals surface area contributed by atoms with Crippen LogP contribution in [0.3, 0.4) is 0 Å². The van der Waals surface area contributed by atoms with Crippen LogP contribution in [0.15, 0.2) is 0 Å². The van der Waals surface area contributed by atoms with Crippen LogP contribution in [0.1, 0.15) is 0 Å². The highest BCUT2D eigenvalue weighted by Crippen LogP contribution is 2.51. The first-order valence-electron chi connectivity index (χ1n) is 1.53. The summed E-state index contributed by atoms with van der Waals surface area (Å²) < 4.78 is 15.9. The first-order chi connectivity index (χ1) is 3.12. The molecular weight excluding hydrogens is 158 g/mol. The predicted octanol–water partition coefficient (Wildman–Crippen LogP) is 2.11. The molecule has 7 heavy (non-hydrogen) atoms. The van der Waals surface area contributed by atoms with Crippen LogP contribution in [0.4, 0.5) is 4.39 Å². The van der Waals surface area contributed by atoms with Crippen LogP contribution in [-0.2, 0) is 16.3 Å². The summed E-state index contributed by atoms with van der Waals surface area (Å²) in [4.78, 5) is 0. The van der Waals surface area contributed by atoms with Crippen LogP contribution in [-0.4, -0.2) is 13.5 Å². The summed E-state index contributed by atoms with van der Waals surface area (Å²) in [5, 5.41) is 0. The second kappa shape index (κ2) is 2.98. The topological polar surface area (TPSA) is 9.23 Å². The van der Waals surface area contributed by atoms with Crippen molar-refractivity contribution >= 4 is 28.7 Å². The third-order valence-electron chi connectivity index (χ3n) is 0.415. The van der Waals surface area contributed by atoms with Crippen molar-refractivity contribution in [3.8, 4) is 0 Å². The number of hydrogen-bond donors (Lipinski definition) is 0. The lowest BCUT2D eigenvalue weighted by Gasteiger charge is -2.03. The summed E-state index contributed by atoms with van der Waals surface area (Å²) >= 11 is 9.66. The van der Waals surface area contributed by atoms with Crippen molar-refractivity contribution in [2.24, 2.45) is 0 Å². The summed E-state index contributed by atoms with van der Waals surface area (Å²) in [5.74, 6) is 0. The molecule has 0 spiro atoms. The fourth-order valence-electron chi connectivity index (χ4n) is 0.0488. The van der Waals surface area contributed by atoms with E-state index in [9.17, 15) is 4.39 Å².